The van der Waals surface area contributed by atoms with Gasteiger partial charge in [-0.3, -0.25) is 4.79 Å². The second-order valence-corrected chi connectivity index (χ2v) is 6.36. The van der Waals surface area contributed by atoms with Crippen molar-refractivity contribution in [1.82, 2.24) is 15.5 Å². The van der Waals surface area contributed by atoms with Gasteiger partial charge in [-0.05, 0) is 38.5 Å². The van der Waals surface area contributed by atoms with Crippen LogP contribution in [0.4, 0.5) is 8.78 Å². The maximum atomic E-state index is 12.9. The van der Waals surface area contributed by atoms with E-state index in [4.69, 9.17) is 9.15 Å². The second kappa shape index (κ2) is 6.28. The van der Waals surface area contributed by atoms with Crippen molar-refractivity contribution in [3.05, 3.63) is 11.8 Å². The van der Waals surface area contributed by atoms with E-state index in [0.717, 1.165) is 19.3 Å². The number of methoxy groups -OCH3 is 1. The zero-order valence-electron chi connectivity index (χ0n) is 13.0. The average Bonchev–Trinajstić information content (AvgIpc) is 3.06. The number of amides is 1. The summed E-state index contributed by atoms with van der Waals surface area (Å²) < 4.78 is 35.9. The lowest BCUT2D eigenvalue weighted by molar-refractivity contribution is 0.0528. The molecule has 1 saturated carbocycles. The summed E-state index contributed by atoms with van der Waals surface area (Å²) in [4.78, 5) is 12.0. The summed E-state index contributed by atoms with van der Waals surface area (Å²) in [6.45, 7) is 3.71. The van der Waals surface area contributed by atoms with Crippen LogP contribution in [-0.2, 0) is 10.2 Å². The molecule has 0 spiro atoms. The molecule has 1 aliphatic rings. The van der Waals surface area contributed by atoms with Crippen LogP contribution >= 0.6 is 0 Å². The lowest BCUT2D eigenvalue weighted by Gasteiger charge is -2.18. The van der Waals surface area contributed by atoms with Crippen molar-refractivity contribution >= 4 is 5.91 Å². The van der Waals surface area contributed by atoms with Crippen molar-refractivity contribution in [2.24, 2.45) is 5.41 Å². The molecule has 22 heavy (non-hydrogen) atoms. The standard InChI is InChI=1S/C14H21F2N3O3/c1-13(2,11(15)16)12-19-18-10(22-12)9(20)17-8-14(4-5-14)6-7-21-3/h11H,4-8H2,1-3H3,(H,17,20). The smallest absolute Gasteiger partial charge is 0.308 e. The molecule has 1 aromatic rings. The Hall–Kier alpha value is -1.57. The van der Waals surface area contributed by atoms with E-state index in [1.54, 1.807) is 7.11 Å². The number of hydrogen-bond acceptors (Lipinski definition) is 5. The predicted octanol–water partition coefficient (Wildman–Crippen LogP) is 2.16. The van der Waals surface area contributed by atoms with Gasteiger partial charge in [0.1, 0.15) is 5.41 Å². The zero-order chi connectivity index (χ0) is 16.4. The Labute approximate surface area is 127 Å². The molecule has 0 unspecified atom stereocenters. The molecule has 1 aromatic heterocycles. The molecule has 6 nitrogen and oxygen atoms in total. The molecule has 1 heterocycles. The predicted molar refractivity (Wildman–Crippen MR) is 73.8 cm³/mol. The summed E-state index contributed by atoms with van der Waals surface area (Å²) in [6, 6.07) is 0. The topological polar surface area (TPSA) is 77.2 Å². The second-order valence-electron chi connectivity index (χ2n) is 6.36. The molecule has 0 radical (unpaired) electrons. The first-order valence-electron chi connectivity index (χ1n) is 7.20. The summed E-state index contributed by atoms with van der Waals surface area (Å²) in [7, 11) is 1.64. The van der Waals surface area contributed by atoms with E-state index in [1.165, 1.54) is 13.8 Å². The Bertz CT molecular complexity index is 527. The van der Waals surface area contributed by atoms with E-state index in [2.05, 4.69) is 15.5 Å². The fourth-order valence-electron chi connectivity index (χ4n) is 2.02. The van der Waals surface area contributed by atoms with Gasteiger partial charge in [0.25, 0.3) is 6.43 Å². The molecule has 0 bridgehead atoms. The van der Waals surface area contributed by atoms with Gasteiger partial charge in [-0.25, -0.2) is 8.78 Å². The number of halogens is 2. The van der Waals surface area contributed by atoms with Gasteiger partial charge in [0.15, 0.2) is 0 Å². The Balaban J connectivity index is 1.93. The quantitative estimate of drug-likeness (QED) is 0.795. The first-order valence-corrected chi connectivity index (χ1v) is 7.20. The fourth-order valence-corrected chi connectivity index (χ4v) is 2.02. The third-order valence-corrected chi connectivity index (χ3v) is 4.13. The SMILES string of the molecule is COCCC1(CNC(=O)c2nnc(C(C)(C)C(F)F)o2)CC1. The van der Waals surface area contributed by atoms with Crippen molar-refractivity contribution in [2.45, 2.75) is 45.0 Å². The van der Waals surface area contributed by atoms with Crippen LogP contribution < -0.4 is 5.32 Å². The van der Waals surface area contributed by atoms with Gasteiger partial charge in [-0.15, -0.1) is 10.2 Å². The molecular weight excluding hydrogens is 296 g/mol. The molecule has 1 fully saturated rings. The Kier molecular flexibility index (Phi) is 4.79. The van der Waals surface area contributed by atoms with Crippen LogP contribution in [0.5, 0.6) is 0 Å². The van der Waals surface area contributed by atoms with Crippen LogP contribution in [-0.4, -0.2) is 42.8 Å². The van der Waals surface area contributed by atoms with Crippen LogP contribution in [0.1, 0.15) is 49.7 Å². The van der Waals surface area contributed by atoms with Gasteiger partial charge >= 0.3 is 11.8 Å². The average molecular weight is 317 g/mol. The number of carbonyl (C=O) groups excluding carboxylic acids is 1. The largest absolute Gasteiger partial charge is 0.416 e. The van der Waals surface area contributed by atoms with E-state index in [-0.39, 0.29) is 17.2 Å². The van der Waals surface area contributed by atoms with E-state index >= 15 is 0 Å². The minimum atomic E-state index is -2.66. The minimum absolute atomic E-state index is 0.0801. The molecule has 1 amide bonds. The lowest BCUT2D eigenvalue weighted by atomic mass is 9.94. The van der Waals surface area contributed by atoms with Crippen LogP contribution in [0.25, 0.3) is 0 Å². The summed E-state index contributed by atoms with van der Waals surface area (Å²) in [5.41, 5.74) is -1.50. The maximum absolute atomic E-state index is 12.9. The van der Waals surface area contributed by atoms with Crippen molar-refractivity contribution in [1.29, 1.82) is 0 Å². The molecule has 2 rings (SSSR count). The molecule has 8 heteroatoms. The lowest BCUT2D eigenvalue weighted by Crippen LogP contribution is -2.31. The summed E-state index contributed by atoms with van der Waals surface area (Å²) in [5.74, 6) is -1.06. The van der Waals surface area contributed by atoms with E-state index in [1.807, 2.05) is 0 Å². The van der Waals surface area contributed by atoms with E-state index in [9.17, 15) is 13.6 Å². The molecule has 124 valence electrons. The zero-order valence-corrected chi connectivity index (χ0v) is 13.0. The fraction of sp³-hybridized carbons (Fsp3) is 0.786. The van der Waals surface area contributed by atoms with Crippen LogP contribution in [0.3, 0.4) is 0 Å². The van der Waals surface area contributed by atoms with Crippen LogP contribution in [0.2, 0.25) is 0 Å². The van der Waals surface area contributed by atoms with E-state index in [0.29, 0.717) is 13.2 Å². The van der Waals surface area contributed by atoms with Crippen molar-refractivity contribution in [3.8, 4) is 0 Å². The number of nitrogens with one attached hydrogen (secondary N) is 1. The minimum Gasteiger partial charge on any atom is -0.416 e. The number of hydrogen-bond donors (Lipinski definition) is 1. The highest BCUT2D eigenvalue weighted by Gasteiger charge is 2.42. The van der Waals surface area contributed by atoms with Crippen LogP contribution in [0, 0.1) is 5.41 Å². The summed E-state index contributed by atoms with van der Waals surface area (Å²) in [6.07, 6.45) is 0.276. The monoisotopic (exact) mass is 317 g/mol. The van der Waals surface area contributed by atoms with Gasteiger partial charge in [-0.2, -0.15) is 0 Å². The van der Waals surface area contributed by atoms with Gasteiger partial charge in [0, 0.05) is 20.3 Å². The van der Waals surface area contributed by atoms with Crippen molar-refractivity contribution < 1.29 is 22.7 Å². The van der Waals surface area contributed by atoms with Gasteiger partial charge < -0.3 is 14.5 Å². The van der Waals surface area contributed by atoms with Crippen LogP contribution in [0.15, 0.2) is 4.42 Å². The number of rotatable bonds is 8. The number of carbonyl (C=O) groups is 1. The third-order valence-electron chi connectivity index (χ3n) is 4.13. The molecule has 0 atom stereocenters. The number of ether oxygens (including phenoxy) is 1. The first kappa shape index (κ1) is 16.8. The Morgan fingerprint density at radius 3 is 2.68 bits per heavy atom. The summed E-state index contributed by atoms with van der Waals surface area (Å²) in [5, 5.41) is 9.85. The highest BCUT2D eigenvalue weighted by molar-refractivity contribution is 5.89. The number of nitrogens with zero attached hydrogens (tertiary/aromatic N) is 2. The highest BCUT2D eigenvalue weighted by atomic mass is 19.3. The normalized spacial score (nSPS) is 16.8. The van der Waals surface area contributed by atoms with Gasteiger partial charge in [0.2, 0.25) is 5.89 Å². The first-order chi connectivity index (χ1) is 10.3. The van der Waals surface area contributed by atoms with Gasteiger partial charge in [0.05, 0.1) is 0 Å². The van der Waals surface area contributed by atoms with Crippen molar-refractivity contribution in [3.63, 3.8) is 0 Å². The molecule has 0 saturated heterocycles. The van der Waals surface area contributed by atoms with Gasteiger partial charge in [-0.1, -0.05) is 0 Å². The maximum Gasteiger partial charge on any atom is 0.308 e. The molecule has 1 N–H and O–H groups in total. The Morgan fingerprint density at radius 2 is 2.14 bits per heavy atom. The number of alkyl halides is 2. The molecule has 0 aromatic carbocycles. The highest BCUT2D eigenvalue weighted by Crippen LogP contribution is 2.48. The third kappa shape index (κ3) is 3.60. The number of aromatic nitrogens is 2. The molecular formula is C14H21F2N3O3. The molecule has 0 aliphatic heterocycles. The Morgan fingerprint density at radius 1 is 1.45 bits per heavy atom. The summed E-state index contributed by atoms with van der Waals surface area (Å²) >= 11 is 0. The molecule has 1 aliphatic carbocycles. The van der Waals surface area contributed by atoms with Crippen molar-refractivity contribution in [2.75, 3.05) is 20.3 Å². The van der Waals surface area contributed by atoms with E-state index < -0.39 is 17.7 Å².